The minimum atomic E-state index is 0.460. The fourth-order valence-electron chi connectivity index (χ4n) is 5.39. The van der Waals surface area contributed by atoms with Crippen LogP contribution in [0.2, 0.25) is 0 Å². The first-order chi connectivity index (χ1) is 15.3. The second-order valence-corrected chi connectivity index (χ2v) is 10.3. The van der Waals surface area contributed by atoms with Crippen LogP contribution in [-0.4, -0.2) is 60.0 Å². The number of aromatic nitrogens is 2. The number of benzene rings is 1. The molecular weight excluding hydrogens is 392 g/mol. The zero-order chi connectivity index (χ0) is 22.8. The van der Waals surface area contributed by atoms with Gasteiger partial charge in [0.15, 0.2) is 0 Å². The van der Waals surface area contributed by atoms with Crippen molar-refractivity contribution in [3.05, 3.63) is 52.8 Å². The van der Waals surface area contributed by atoms with Crippen molar-refractivity contribution in [3.8, 4) is 11.3 Å². The maximum Gasteiger partial charge on any atom is 0.0501 e. The van der Waals surface area contributed by atoms with Gasteiger partial charge in [-0.05, 0) is 121 Å². The van der Waals surface area contributed by atoms with Crippen LogP contribution in [0, 0.1) is 13.8 Å². The van der Waals surface area contributed by atoms with Gasteiger partial charge in [-0.2, -0.15) is 0 Å². The van der Waals surface area contributed by atoms with Crippen molar-refractivity contribution < 1.29 is 0 Å². The van der Waals surface area contributed by atoms with E-state index >= 15 is 0 Å². The Hall–Kier alpha value is -2.17. The highest BCUT2D eigenvalue weighted by Crippen LogP contribution is 2.38. The molecule has 4 heteroatoms. The number of pyridine rings is 1. The molecule has 172 valence electrons. The van der Waals surface area contributed by atoms with E-state index in [0.717, 1.165) is 11.4 Å². The first-order valence-corrected chi connectivity index (χ1v) is 12.3. The molecule has 0 atom stereocenters. The number of aromatic amines is 1. The van der Waals surface area contributed by atoms with Gasteiger partial charge in [-0.3, -0.25) is 4.98 Å². The Kier molecular flexibility index (Phi) is 7.02. The monoisotopic (exact) mass is 432 g/mol. The molecule has 0 unspecified atom stereocenters. The van der Waals surface area contributed by atoms with Crippen molar-refractivity contribution in [2.75, 3.05) is 40.3 Å². The summed E-state index contributed by atoms with van der Waals surface area (Å²) in [7, 11) is 4.33. The molecule has 0 amide bonds. The Morgan fingerprint density at radius 2 is 1.75 bits per heavy atom. The second-order valence-electron chi connectivity index (χ2n) is 10.3. The maximum atomic E-state index is 4.58. The van der Waals surface area contributed by atoms with Crippen LogP contribution in [-0.2, 0) is 0 Å². The number of piperidine rings is 1. The Labute approximate surface area is 194 Å². The lowest BCUT2D eigenvalue weighted by Crippen LogP contribution is -2.34. The number of hydrogen-bond donors (Lipinski definition) is 1. The van der Waals surface area contributed by atoms with Gasteiger partial charge in [0.05, 0.1) is 5.69 Å². The minimum absolute atomic E-state index is 0.460. The Bertz CT molecular complexity index is 1030. The molecular formula is C28H40N4. The topological polar surface area (TPSA) is 35.2 Å². The molecule has 2 aromatic heterocycles. The summed E-state index contributed by atoms with van der Waals surface area (Å²) >= 11 is 0. The lowest BCUT2D eigenvalue weighted by Gasteiger charge is -2.32. The average molecular weight is 433 g/mol. The third kappa shape index (κ3) is 5.07. The zero-order valence-corrected chi connectivity index (χ0v) is 20.8. The summed E-state index contributed by atoms with van der Waals surface area (Å²) in [6, 6.07) is 11.6. The van der Waals surface area contributed by atoms with Gasteiger partial charge in [0, 0.05) is 27.9 Å². The summed E-state index contributed by atoms with van der Waals surface area (Å²) in [6.07, 6.45) is 3.80. The van der Waals surface area contributed by atoms with E-state index in [9.17, 15) is 0 Å². The average Bonchev–Trinajstić information content (AvgIpc) is 3.12. The highest BCUT2D eigenvalue weighted by molar-refractivity contribution is 5.92. The molecule has 1 N–H and O–H groups in total. The van der Waals surface area contributed by atoms with Gasteiger partial charge in [-0.15, -0.1) is 0 Å². The third-order valence-corrected chi connectivity index (χ3v) is 6.95. The predicted molar refractivity (Wildman–Crippen MR) is 137 cm³/mol. The Morgan fingerprint density at radius 3 is 2.38 bits per heavy atom. The van der Waals surface area contributed by atoms with Crippen LogP contribution < -0.4 is 0 Å². The van der Waals surface area contributed by atoms with Crippen molar-refractivity contribution >= 4 is 10.9 Å². The Morgan fingerprint density at radius 1 is 1.06 bits per heavy atom. The maximum absolute atomic E-state index is 4.58. The van der Waals surface area contributed by atoms with Gasteiger partial charge in [0.1, 0.15) is 0 Å². The molecule has 4 nitrogen and oxygen atoms in total. The van der Waals surface area contributed by atoms with E-state index in [0.29, 0.717) is 11.8 Å². The lowest BCUT2D eigenvalue weighted by atomic mass is 9.87. The quantitative estimate of drug-likeness (QED) is 0.490. The molecule has 4 rings (SSSR count). The van der Waals surface area contributed by atoms with Crippen molar-refractivity contribution in [3.63, 3.8) is 0 Å². The molecule has 0 radical (unpaired) electrons. The second kappa shape index (κ2) is 9.76. The van der Waals surface area contributed by atoms with Crippen LogP contribution in [0.15, 0.2) is 30.3 Å². The summed E-state index contributed by atoms with van der Waals surface area (Å²) in [5.74, 6) is 1.13. The highest BCUT2D eigenvalue weighted by Gasteiger charge is 2.22. The van der Waals surface area contributed by atoms with Crippen LogP contribution >= 0.6 is 0 Å². The van der Waals surface area contributed by atoms with E-state index in [-0.39, 0.29) is 0 Å². The van der Waals surface area contributed by atoms with E-state index in [4.69, 9.17) is 0 Å². The molecule has 0 spiro atoms. The van der Waals surface area contributed by atoms with Gasteiger partial charge in [-0.25, -0.2) is 0 Å². The molecule has 3 aromatic rings. The standard InChI is InChI=1S/C28H40N4/c1-19(2)27-25-18-23(22-10-14-32(15-11-22)13-7-12-31(5)6)8-9-26(25)30-28(27)24-16-20(3)29-21(4)17-24/h8-9,16-19,22,30H,7,10-15H2,1-6H3. The molecule has 1 aromatic carbocycles. The third-order valence-electron chi connectivity index (χ3n) is 6.95. The molecule has 0 saturated carbocycles. The molecule has 1 aliphatic rings. The van der Waals surface area contributed by atoms with E-state index < -0.39 is 0 Å². The Balaban J connectivity index is 1.57. The smallest absolute Gasteiger partial charge is 0.0501 e. The number of nitrogens with zero attached hydrogens (tertiary/aromatic N) is 3. The van der Waals surface area contributed by atoms with E-state index in [2.05, 4.69) is 91.9 Å². The normalized spacial score (nSPS) is 16.0. The van der Waals surface area contributed by atoms with E-state index in [1.165, 1.54) is 78.7 Å². The number of nitrogens with one attached hydrogen (secondary N) is 1. The number of fused-ring (bicyclic) bond motifs is 1. The van der Waals surface area contributed by atoms with Crippen molar-refractivity contribution in [2.24, 2.45) is 0 Å². The van der Waals surface area contributed by atoms with Crippen LogP contribution in [0.3, 0.4) is 0 Å². The van der Waals surface area contributed by atoms with Crippen LogP contribution in [0.4, 0.5) is 0 Å². The number of rotatable bonds is 7. The van der Waals surface area contributed by atoms with Gasteiger partial charge in [0.25, 0.3) is 0 Å². The number of aryl methyl sites for hydroxylation is 2. The number of likely N-dealkylation sites (tertiary alicyclic amines) is 1. The van der Waals surface area contributed by atoms with Crippen LogP contribution in [0.25, 0.3) is 22.2 Å². The molecule has 1 saturated heterocycles. The largest absolute Gasteiger partial charge is 0.354 e. The molecule has 0 aliphatic carbocycles. The first kappa shape index (κ1) is 23.0. The molecule has 32 heavy (non-hydrogen) atoms. The molecule has 1 aliphatic heterocycles. The summed E-state index contributed by atoms with van der Waals surface area (Å²) in [4.78, 5) is 13.3. The van der Waals surface area contributed by atoms with Crippen LogP contribution in [0.5, 0.6) is 0 Å². The van der Waals surface area contributed by atoms with Gasteiger partial charge < -0.3 is 14.8 Å². The van der Waals surface area contributed by atoms with Gasteiger partial charge in [0.2, 0.25) is 0 Å². The highest BCUT2D eigenvalue weighted by atomic mass is 15.1. The van der Waals surface area contributed by atoms with Crippen molar-refractivity contribution in [1.29, 1.82) is 0 Å². The van der Waals surface area contributed by atoms with E-state index in [1.54, 1.807) is 0 Å². The minimum Gasteiger partial charge on any atom is -0.354 e. The van der Waals surface area contributed by atoms with Crippen molar-refractivity contribution in [1.82, 2.24) is 19.8 Å². The molecule has 1 fully saturated rings. The predicted octanol–water partition coefficient (Wildman–Crippen LogP) is 6.10. The van der Waals surface area contributed by atoms with Crippen molar-refractivity contribution in [2.45, 2.75) is 58.8 Å². The SMILES string of the molecule is Cc1cc(-c2[nH]c3ccc(C4CCN(CCCN(C)C)CC4)cc3c2C(C)C)cc(C)n1. The summed E-state index contributed by atoms with van der Waals surface area (Å²) in [5.41, 5.74) is 8.87. The molecule has 3 heterocycles. The van der Waals surface area contributed by atoms with Crippen LogP contribution in [0.1, 0.15) is 67.5 Å². The molecule has 0 bridgehead atoms. The fraction of sp³-hybridized carbons (Fsp3) is 0.536. The van der Waals surface area contributed by atoms with Gasteiger partial charge >= 0.3 is 0 Å². The van der Waals surface area contributed by atoms with Gasteiger partial charge in [-0.1, -0.05) is 19.9 Å². The number of hydrogen-bond acceptors (Lipinski definition) is 3. The lowest BCUT2D eigenvalue weighted by molar-refractivity contribution is 0.203. The summed E-state index contributed by atoms with van der Waals surface area (Å²) < 4.78 is 0. The summed E-state index contributed by atoms with van der Waals surface area (Å²) in [5, 5.41) is 1.40. The first-order valence-electron chi connectivity index (χ1n) is 12.3. The fourth-order valence-corrected chi connectivity index (χ4v) is 5.39. The zero-order valence-electron chi connectivity index (χ0n) is 20.8. The van der Waals surface area contributed by atoms with E-state index in [1.807, 2.05) is 0 Å². The number of H-pyrrole nitrogens is 1. The summed E-state index contributed by atoms with van der Waals surface area (Å²) in [6.45, 7) is 13.6.